The van der Waals surface area contributed by atoms with Gasteiger partial charge in [0.25, 0.3) is 0 Å². The number of fused-ring (bicyclic) bond motifs is 5. The first-order valence-electron chi connectivity index (χ1n) is 37.4. The molecule has 0 aromatic heterocycles. The van der Waals surface area contributed by atoms with Crippen LogP contribution in [0.5, 0.6) is 0 Å². The van der Waals surface area contributed by atoms with Crippen molar-refractivity contribution in [2.75, 3.05) is 13.7 Å². The fraction of sp³-hybridized carbons (Fsp3) is 0.707. The third kappa shape index (κ3) is 6.91. The molecule has 488 valence electrons. The van der Waals surface area contributed by atoms with Gasteiger partial charge in [0.15, 0.2) is 0 Å². The molecule has 0 amide bonds. The second-order valence-electron chi connectivity index (χ2n) is 35.5. The molecule has 3 aromatic rings. The Balaban J connectivity index is 0.846. The number of hydrogen-bond acceptors (Lipinski definition) is 10. The smallest absolute Gasteiger partial charge is 0.331 e. The Morgan fingerprint density at radius 2 is 1.53 bits per heavy atom. The average Bonchev–Trinajstić information content (AvgIpc) is 1.22. The Labute approximate surface area is 545 Å². The van der Waals surface area contributed by atoms with Gasteiger partial charge in [-0.1, -0.05) is 98.3 Å². The molecule has 21 rings (SSSR count). The zero-order valence-corrected chi connectivity index (χ0v) is 54.8. The largest absolute Gasteiger partial charge is 0.454 e. The molecular weight excluding hydrogens is 1140 g/mol. The minimum Gasteiger partial charge on any atom is -0.454 e. The van der Waals surface area contributed by atoms with Crippen LogP contribution in [0.15, 0.2) is 84.4 Å². The summed E-state index contributed by atoms with van der Waals surface area (Å²) in [5.41, 5.74) is -3.80. The lowest BCUT2D eigenvalue weighted by atomic mass is 9.25. The van der Waals surface area contributed by atoms with Crippen LogP contribution in [0.2, 0.25) is 0 Å². The van der Waals surface area contributed by atoms with Gasteiger partial charge in [-0.25, -0.2) is 4.79 Å². The van der Waals surface area contributed by atoms with Gasteiger partial charge in [0, 0.05) is 63.0 Å². The summed E-state index contributed by atoms with van der Waals surface area (Å²) in [5, 5.41) is 75.7. The molecule has 11 saturated carbocycles. The summed E-state index contributed by atoms with van der Waals surface area (Å²) in [6.45, 7) is 2.08. The van der Waals surface area contributed by atoms with Crippen LogP contribution in [0.3, 0.4) is 0 Å². The first-order valence-corrected chi connectivity index (χ1v) is 37.4. The summed E-state index contributed by atoms with van der Waals surface area (Å²) < 4.78 is 15.3. The molecule has 18 aliphatic rings. The maximum atomic E-state index is 16.6. The van der Waals surface area contributed by atoms with Crippen molar-refractivity contribution in [3.8, 4) is 11.8 Å². The minimum absolute atomic E-state index is 0.130. The van der Waals surface area contributed by atoms with Gasteiger partial charge < -0.3 is 45.1 Å². The molecule has 92 heavy (non-hydrogen) atoms. The van der Waals surface area contributed by atoms with E-state index in [1.807, 2.05) is 19.2 Å². The van der Waals surface area contributed by atoms with Crippen molar-refractivity contribution in [3.63, 3.8) is 0 Å². The highest BCUT2D eigenvalue weighted by Gasteiger charge is 2.93. The van der Waals surface area contributed by atoms with Crippen molar-refractivity contribution in [3.05, 3.63) is 118 Å². The SMILES string of the molecule is CNC1Cc2c(cccc2CO)C#CC2(CCCC2)CC23CCC4C(O)(CC5CC6CCC78CCC9(Cc%10cccc(c%10)CC%10CCC(C%10)C6C)OC7C6(CC4(C=O)C58O)C4CC5CC(c7ccccc7)CCC56CCC49)C2(O)CC2CC1C1OC(=O)C=C1C23CO. The molecule has 6 N–H and O–H groups in total. The molecular formula is C82H101NO9. The first kappa shape index (κ1) is 59.1. The predicted molar refractivity (Wildman–Crippen MR) is 349 cm³/mol. The van der Waals surface area contributed by atoms with Crippen LogP contribution in [0.25, 0.3) is 0 Å². The molecule has 25 unspecified atom stereocenters. The quantitative estimate of drug-likeness (QED) is 0.0823. The number of aliphatic hydroxyl groups excluding tert-OH is 2. The number of likely N-dealkylation sites (N-methyl/N-ethyl adjacent to an activating group) is 1. The lowest BCUT2D eigenvalue weighted by Crippen LogP contribution is -2.89. The maximum Gasteiger partial charge on any atom is 0.331 e. The summed E-state index contributed by atoms with van der Waals surface area (Å²) >= 11 is 0. The number of ether oxygens (including phenoxy) is 2. The number of carbonyl (C=O) groups excluding carboxylic acids is 2. The van der Waals surface area contributed by atoms with Crippen LogP contribution >= 0.6 is 0 Å². The number of carbonyl (C=O) groups is 2. The van der Waals surface area contributed by atoms with Crippen LogP contribution in [-0.4, -0.2) is 92.1 Å². The molecule has 4 heterocycles. The highest BCUT2D eigenvalue weighted by molar-refractivity contribution is 5.87. The number of hydrogen-bond donors (Lipinski definition) is 6. The molecule has 13 fully saturated rings. The van der Waals surface area contributed by atoms with Crippen LogP contribution < -0.4 is 5.32 Å². The molecule has 0 radical (unpaired) electrons. The van der Waals surface area contributed by atoms with E-state index in [1.54, 1.807) is 6.08 Å². The van der Waals surface area contributed by atoms with Crippen LogP contribution in [0, 0.1) is 115 Å². The van der Waals surface area contributed by atoms with Gasteiger partial charge >= 0.3 is 5.97 Å². The number of esters is 1. The molecule has 14 aliphatic carbocycles. The molecule has 25 atom stereocenters. The van der Waals surface area contributed by atoms with Crippen molar-refractivity contribution in [1.29, 1.82) is 0 Å². The fourth-order valence-electron chi connectivity index (χ4n) is 30.6. The van der Waals surface area contributed by atoms with E-state index in [1.165, 1.54) is 42.2 Å². The lowest BCUT2D eigenvalue weighted by Gasteiger charge is -2.83. The maximum absolute atomic E-state index is 16.6. The van der Waals surface area contributed by atoms with E-state index in [0.29, 0.717) is 74.5 Å². The third-order valence-electron chi connectivity index (χ3n) is 33.7. The third-order valence-corrected chi connectivity index (χ3v) is 33.7. The minimum atomic E-state index is -1.89. The fourth-order valence-corrected chi connectivity index (χ4v) is 30.6. The van der Waals surface area contributed by atoms with E-state index in [-0.39, 0.29) is 73.2 Å². The molecule has 6 spiro atoms. The molecule has 3 aromatic carbocycles. The van der Waals surface area contributed by atoms with Crippen molar-refractivity contribution >= 4 is 12.3 Å². The number of aliphatic hydroxyl groups is 5. The van der Waals surface area contributed by atoms with Crippen molar-refractivity contribution in [1.82, 2.24) is 5.32 Å². The molecule has 2 saturated heterocycles. The van der Waals surface area contributed by atoms with E-state index < -0.39 is 78.8 Å². The number of aldehydes is 1. The van der Waals surface area contributed by atoms with Gasteiger partial charge in [0.1, 0.15) is 18.0 Å². The second kappa shape index (κ2) is 19.8. The highest BCUT2D eigenvalue weighted by Crippen LogP contribution is 2.90. The van der Waals surface area contributed by atoms with Crippen LogP contribution in [-0.2, 0) is 44.9 Å². The molecule has 16 bridgehead atoms. The normalized spacial score (nSPS) is 51.4. The Bertz CT molecular complexity index is 3660. The van der Waals surface area contributed by atoms with Gasteiger partial charge in [0.2, 0.25) is 0 Å². The van der Waals surface area contributed by atoms with Gasteiger partial charge in [-0.15, -0.1) is 0 Å². The molecule has 4 aliphatic heterocycles. The molecule has 10 heteroatoms. The van der Waals surface area contributed by atoms with Gasteiger partial charge in [-0.2, -0.15) is 0 Å². The van der Waals surface area contributed by atoms with E-state index in [4.69, 9.17) is 9.47 Å². The summed E-state index contributed by atoms with van der Waals surface area (Å²) in [6.07, 6.45) is 24.8. The Morgan fingerprint density at radius 1 is 0.728 bits per heavy atom. The predicted octanol–water partition coefficient (Wildman–Crippen LogP) is 12.2. The summed E-state index contributed by atoms with van der Waals surface area (Å²) in [5.74, 6) is 8.53. The number of benzene rings is 3. The van der Waals surface area contributed by atoms with Crippen molar-refractivity contribution in [2.45, 2.75) is 240 Å². The van der Waals surface area contributed by atoms with E-state index in [2.05, 4.69) is 84.7 Å². The summed E-state index contributed by atoms with van der Waals surface area (Å²) in [7, 11) is 1.97. The van der Waals surface area contributed by atoms with Crippen LogP contribution in [0.4, 0.5) is 0 Å². The number of rotatable bonds is 5. The first-order chi connectivity index (χ1) is 44.5. The average molecular weight is 1240 g/mol. The van der Waals surface area contributed by atoms with E-state index in [9.17, 15) is 15.0 Å². The zero-order chi connectivity index (χ0) is 62.4. The van der Waals surface area contributed by atoms with Gasteiger partial charge in [-0.3, -0.25) is 0 Å². The number of nitrogens with one attached hydrogen (secondary N) is 1. The Hall–Kier alpha value is -4.18. The Morgan fingerprint density at radius 3 is 2.35 bits per heavy atom. The zero-order valence-electron chi connectivity index (χ0n) is 54.8. The highest BCUT2D eigenvalue weighted by atomic mass is 16.5. The standard InChI is InChI=1S/C82H101NO9/c1-49-55-17-16-51(34-55)32-50-10-8-11-52(33-50)41-76-31-30-74-27-19-56(49)35-61-42-80(88)68(75(47-85,82(61,74)90)46-78(71(74)92-76)65-38-59-36-57(53-12-4-3-5-13-53)20-26-73(59,78)28-21-64(65)76)22-29-77-45-72(23-6-7-24-72)25-18-54-14-9-15-58(44-84)62(54)39-67(83-2)63-37-60(43-81(77,80)89)79(77,48-86)66-40-69(87)91-70(63)66/h3-5,8-15,33,40,47,49,51,55-57,59-61,63-65,67-68,70-71,83-84,86,88-90H,6-7,16-17,19-24,26-32,34-39,41-46,48H2,1-2H3. The summed E-state index contributed by atoms with van der Waals surface area (Å²) in [4.78, 5) is 31.1. The summed E-state index contributed by atoms with van der Waals surface area (Å²) in [6, 6.07) is 26.8. The topological polar surface area (TPSA) is 166 Å². The van der Waals surface area contributed by atoms with Crippen molar-refractivity contribution in [2.24, 2.45) is 103 Å². The van der Waals surface area contributed by atoms with Crippen LogP contribution in [0.1, 0.15) is 207 Å². The monoisotopic (exact) mass is 1240 g/mol. The lowest BCUT2D eigenvalue weighted by molar-refractivity contribution is -0.437. The van der Waals surface area contributed by atoms with E-state index >= 15 is 20.1 Å². The van der Waals surface area contributed by atoms with Gasteiger partial charge in [0.05, 0.1) is 41.5 Å². The second-order valence-corrected chi connectivity index (χ2v) is 35.5. The van der Waals surface area contributed by atoms with Crippen molar-refractivity contribution < 1.29 is 44.6 Å². The molecule has 10 nitrogen and oxygen atoms in total. The van der Waals surface area contributed by atoms with E-state index in [0.717, 1.165) is 125 Å². The van der Waals surface area contributed by atoms with Gasteiger partial charge in [-0.05, 0) is 272 Å². The Kier molecular flexibility index (Phi) is 12.7.